The van der Waals surface area contributed by atoms with Gasteiger partial charge in [0, 0.05) is 28.7 Å². The van der Waals surface area contributed by atoms with Gasteiger partial charge in [0.05, 0.1) is 5.69 Å². The van der Waals surface area contributed by atoms with Crippen LogP contribution < -0.4 is 10.6 Å². The second kappa shape index (κ2) is 5.02. The molecule has 0 aromatic heterocycles. The Morgan fingerprint density at radius 3 is 2.37 bits per heavy atom. The summed E-state index contributed by atoms with van der Waals surface area (Å²) in [6, 6.07) is 3.05. The maximum absolute atomic E-state index is 14.2. The highest BCUT2D eigenvalue weighted by Gasteiger charge is 2.39. The highest BCUT2D eigenvalue weighted by atomic mass is 79.9. The fraction of sp³-hybridized carbons (Fsp3) is 0.571. The van der Waals surface area contributed by atoms with Crippen LogP contribution in [0.2, 0.25) is 0 Å². The van der Waals surface area contributed by atoms with Crippen molar-refractivity contribution >= 4 is 21.6 Å². The molecule has 0 amide bonds. The summed E-state index contributed by atoms with van der Waals surface area (Å²) in [4.78, 5) is 2.13. The Balaban J connectivity index is 2.02. The summed E-state index contributed by atoms with van der Waals surface area (Å²) in [5.41, 5.74) is 6.58. The van der Waals surface area contributed by atoms with Crippen LogP contribution in [-0.2, 0) is 0 Å². The maximum Gasteiger partial charge on any atom is 0.150 e. The fourth-order valence-electron chi connectivity index (χ4n) is 3.57. The number of anilines is 1. The van der Waals surface area contributed by atoms with Gasteiger partial charge in [0.25, 0.3) is 0 Å². The summed E-state index contributed by atoms with van der Waals surface area (Å²) < 4.78 is 27.9. The predicted molar refractivity (Wildman–Crippen MR) is 75.2 cm³/mol. The lowest BCUT2D eigenvalue weighted by atomic mass is 9.81. The van der Waals surface area contributed by atoms with Crippen LogP contribution in [0.15, 0.2) is 16.6 Å². The first-order chi connectivity index (χ1) is 9.06. The van der Waals surface area contributed by atoms with E-state index in [1.165, 1.54) is 12.5 Å². The van der Waals surface area contributed by atoms with E-state index >= 15 is 0 Å². The van der Waals surface area contributed by atoms with Gasteiger partial charge >= 0.3 is 0 Å². The van der Waals surface area contributed by atoms with E-state index < -0.39 is 11.6 Å². The molecular formula is C14H17BrF2N2. The molecule has 2 unspecified atom stereocenters. The van der Waals surface area contributed by atoms with Crippen molar-refractivity contribution in [3.63, 3.8) is 0 Å². The van der Waals surface area contributed by atoms with Crippen molar-refractivity contribution in [2.45, 2.75) is 50.2 Å². The molecule has 2 fully saturated rings. The van der Waals surface area contributed by atoms with Crippen molar-refractivity contribution in [2.24, 2.45) is 5.73 Å². The lowest BCUT2D eigenvalue weighted by Gasteiger charge is -2.50. The third kappa shape index (κ3) is 2.38. The van der Waals surface area contributed by atoms with Crippen molar-refractivity contribution in [3.8, 4) is 0 Å². The van der Waals surface area contributed by atoms with Crippen molar-refractivity contribution in [1.82, 2.24) is 0 Å². The highest BCUT2D eigenvalue weighted by Crippen LogP contribution is 2.41. The third-order valence-corrected chi connectivity index (χ3v) is 4.86. The number of benzene rings is 1. The molecule has 2 aliphatic heterocycles. The fourth-order valence-corrected chi connectivity index (χ4v) is 4.18. The van der Waals surface area contributed by atoms with Crippen LogP contribution >= 0.6 is 15.9 Å². The first kappa shape index (κ1) is 13.3. The topological polar surface area (TPSA) is 29.3 Å². The largest absolute Gasteiger partial charge is 0.362 e. The van der Waals surface area contributed by atoms with Crippen LogP contribution in [0.5, 0.6) is 0 Å². The zero-order valence-electron chi connectivity index (χ0n) is 10.6. The van der Waals surface area contributed by atoms with Gasteiger partial charge in [-0.25, -0.2) is 8.78 Å². The Bertz CT molecular complexity index is 457. The van der Waals surface area contributed by atoms with Gasteiger partial charge in [-0.15, -0.1) is 0 Å². The number of piperidine rings is 2. The SMILES string of the molecule is NC1CC2CCCC(C1)N2c1c(F)cc(F)cc1Br. The number of halogens is 3. The van der Waals surface area contributed by atoms with Gasteiger partial charge in [-0.05, 0) is 54.1 Å². The molecule has 2 saturated heterocycles. The van der Waals surface area contributed by atoms with Gasteiger partial charge in [0.2, 0.25) is 0 Å². The van der Waals surface area contributed by atoms with E-state index in [9.17, 15) is 8.78 Å². The Morgan fingerprint density at radius 1 is 1.16 bits per heavy atom. The van der Waals surface area contributed by atoms with Gasteiger partial charge in [0.15, 0.2) is 5.82 Å². The molecule has 2 aliphatic rings. The predicted octanol–water partition coefficient (Wildman–Crippen LogP) is 3.58. The quantitative estimate of drug-likeness (QED) is 0.852. The average molecular weight is 331 g/mol. The van der Waals surface area contributed by atoms with E-state index in [0.29, 0.717) is 10.2 Å². The lowest BCUT2D eigenvalue weighted by molar-refractivity contribution is 0.268. The van der Waals surface area contributed by atoms with Crippen LogP contribution in [-0.4, -0.2) is 18.1 Å². The molecule has 104 valence electrons. The second-order valence-electron chi connectivity index (χ2n) is 5.60. The Labute approximate surface area is 120 Å². The van der Waals surface area contributed by atoms with Gasteiger partial charge < -0.3 is 10.6 Å². The number of hydrogen-bond acceptors (Lipinski definition) is 2. The molecule has 0 spiro atoms. The Morgan fingerprint density at radius 2 is 1.79 bits per heavy atom. The minimum atomic E-state index is -0.549. The zero-order valence-corrected chi connectivity index (χ0v) is 12.2. The molecule has 3 rings (SSSR count). The normalized spacial score (nSPS) is 30.5. The number of hydrogen-bond donors (Lipinski definition) is 1. The van der Waals surface area contributed by atoms with Crippen LogP contribution in [0.3, 0.4) is 0 Å². The number of fused-ring (bicyclic) bond motifs is 2. The van der Waals surface area contributed by atoms with E-state index in [-0.39, 0.29) is 18.1 Å². The second-order valence-corrected chi connectivity index (χ2v) is 6.45. The Hall–Kier alpha value is -0.680. The minimum Gasteiger partial charge on any atom is -0.362 e. The van der Waals surface area contributed by atoms with Gasteiger partial charge in [-0.3, -0.25) is 0 Å². The van der Waals surface area contributed by atoms with Gasteiger partial charge in [-0.1, -0.05) is 0 Å². The lowest BCUT2D eigenvalue weighted by Crippen LogP contribution is -2.56. The smallest absolute Gasteiger partial charge is 0.150 e. The summed E-state index contributed by atoms with van der Waals surface area (Å²) >= 11 is 3.30. The molecular weight excluding hydrogens is 314 g/mol. The van der Waals surface area contributed by atoms with E-state index in [2.05, 4.69) is 20.8 Å². The van der Waals surface area contributed by atoms with E-state index in [4.69, 9.17) is 5.73 Å². The number of rotatable bonds is 1. The molecule has 0 aliphatic carbocycles. The summed E-state index contributed by atoms with van der Waals surface area (Å²) in [5.74, 6) is -1.04. The summed E-state index contributed by atoms with van der Waals surface area (Å²) in [7, 11) is 0. The molecule has 19 heavy (non-hydrogen) atoms. The van der Waals surface area contributed by atoms with Crippen molar-refractivity contribution < 1.29 is 8.78 Å². The number of nitrogens with two attached hydrogens (primary N) is 1. The molecule has 2 bridgehead atoms. The van der Waals surface area contributed by atoms with Crippen LogP contribution in [0.1, 0.15) is 32.1 Å². The molecule has 2 N–H and O–H groups in total. The van der Waals surface area contributed by atoms with Crippen molar-refractivity contribution in [2.75, 3.05) is 4.90 Å². The Kier molecular flexibility index (Phi) is 3.52. The van der Waals surface area contributed by atoms with Crippen LogP contribution in [0, 0.1) is 11.6 Å². The minimum absolute atomic E-state index is 0.203. The summed E-state index contributed by atoms with van der Waals surface area (Å²) in [5, 5.41) is 0. The van der Waals surface area contributed by atoms with Crippen LogP contribution in [0.4, 0.5) is 14.5 Å². The van der Waals surface area contributed by atoms with E-state index in [0.717, 1.165) is 31.7 Å². The van der Waals surface area contributed by atoms with E-state index in [1.807, 2.05) is 0 Å². The van der Waals surface area contributed by atoms with Gasteiger partial charge in [0.1, 0.15) is 5.82 Å². The first-order valence-corrected chi connectivity index (χ1v) is 7.54. The first-order valence-electron chi connectivity index (χ1n) is 6.74. The highest BCUT2D eigenvalue weighted by molar-refractivity contribution is 9.10. The molecule has 0 radical (unpaired) electrons. The average Bonchev–Trinajstić information content (AvgIpc) is 2.28. The van der Waals surface area contributed by atoms with Crippen molar-refractivity contribution in [3.05, 3.63) is 28.2 Å². The van der Waals surface area contributed by atoms with Gasteiger partial charge in [-0.2, -0.15) is 0 Å². The molecule has 2 atom stereocenters. The summed E-state index contributed by atoms with van der Waals surface area (Å²) in [6.45, 7) is 0. The number of nitrogens with zero attached hydrogens (tertiary/aromatic N) is 1. The molecule has 2 heterocycles. The molecule has 5 heteroatoms. The molecule has 2 nitrogen and oxygen atoms in total. The maximum atomic E-state index is 14.2. The molecule has 1 aromatic rings. The standard InChI is InChI=1S/C14H17BrF2N2/c15-12-4-8(16)5-13(17)14(12)19-10-2-1-3-11(19)7-9(18)6-10/h4-5,9-11H,1-3,6-7,18H2. The molecule has 0 saturated carbocycles. The summed E-state index contributed by atoms with van der Waals surface area (Å²) in [6.07, 6.45) is 5.01. The van der Waals surface area contributed by atoms with Crippen LogP contribution in [0.25, 0.3) is 0 Å². The van der Waals surface area contributed by atoms with E-state index in [1.54, 1.807) is 0 Å². The monoisotopic (exact) mass is 330 g/mol. The molecule has 1 aromatic carbocycles. The third-order valence-electron chi connectivity index (χ3n) is 4.25. The van der Waals surface area contributed by atoms with Crippen molar-refractivity contribution in [1.29, 1.82) is 0 Å². The zero-order chi connectivity index (χ0) is 13.6.